The number of esters is 4. The molecule has 0 aromatic carbocycles. The molecule has 552 valence electrons. The highest BCUT2D eigenvalue weighted by molar-refractivity contribution is 7.47. The number of carbonyl (C=O) groups excluding carboxylic acids is 4. The second-order valence-electron chi connectivity index (χ2n) is 28.4. The van der Waals surface area contributed by atoms with E-state index in [1.165, 1.54) is 167 Å². The van der Waals surface area contributed by atoms with E-state index >= 15 is 0 Å². The Kier molecular flexibility index (Phi) is 62.2. The van der Waals surface area contributed by atoms with E-state index in [-0.39, 0.29) is 25.7 Å². The average molecular weight is 1370 g/mol. The Morgan fingerprint density at radius 3 is 0.763 bits per heavy atom. The first-order valence-electron chi connectivity index (χ1n) is 38.2. The van der Waals surface area contributed by atoms with Crippen LogP contribution >= 0.6 is 15.6 Å². The molecule has 0 bridgehead atoms. The van der Waals surface area contributed by atoms with E-state index in [0.29, 0.717) is 31.6 Å². The fourth-order valence-corrected chi connectivity index (χ4v) is 12.7. The number of aliphatic hydroxyl groups is 1. The van der Waals surface area contributed by atoms with Gasteiger partial charge in [-0.1, -0.05) is 319 Å². The molecule has 0 rings (SSSR count). The molecule has 0 aromatic heterocycles. The Hall–Kier alpha value is -1.94. The highest BCUT2D eigenvalue weighted by Crippen LogP contribution is 2.45. The molecule has 19 heteroatoms. The molecule has 3 unspecified atom stereocenters. The van der Waals surface area contributed by atoms with Crippen LogP contribution in [0.25, 0.3) is 0 Å². The lowest BCUT2D eigenvalue weighted by Crippen LogP contribution is -2.30. The van der Waals surface area contributed by atoms with Gasteiger partial charge in [-0.15, -0.1) is 0 Å². The lowest BCUT2D eigenvalue weighted by atomic mass is 10.00. The van der Waals surface area contributed by atoms with Gasteiger partial charge in [-0.25, -0.2) is 9.13 Å². The van der Waals surface area contributed by atoms with E-state index in [4.69, 9.17) is 37.0 Å². The van der Waals surface area contributed by atoms with Gasteiger partial charge in [-0.05, 0) is 49.4 Å². The summed E-state index contributed by atoms with van der Waals surface area (Å²) >= 11 is 0. The third kappa shape index (κ3) is 67.0. The number of hydrogen-bond donors (Lipinski definition) is 3. The van der Waals surface area contributed by atoms with Gasteiger partial charge in [-0.2, -0.15) is 0 Å². The molecule has 0 aliphatic heterocycles. The van der Waals surface area contributed by atoms with E-state index in [0.717, 1.165) is 114 Å². The van der Waals surface area contributed by atoms with Crippen LogP contribution in [-0.2, 0) is 65.4 Å². The zero-order valence-corrected chi connectivity index (χ0v) is 62.7. The Labute approximate surface area is 568 Å². The molecule has 3 N–H and O–H groups in total. The van der Waals surface area contributed by atoms with Crippen molar-refractivity contribution in [3.8, 4) is 0 Å². The van der Waals surface area contributed by atoms with Crippen LogP contribution in [0.3, 0.4) is 0 Å². The Morgan fingerprint density at radius 1 is 0.301 bits per heavy atom. The Morgan fingerprint density at radius 2 is 0.516 bits per heavy atom. The maximum Gasteiger partial charge on any atom is 0.472 e. The van der Waals surface area contributed by atoms with Crippen molar-refractivity contribution >= 4 is 39.5 Å². The van der Waals surface area contributed by atoms with Gasteiger partial charge >= 0.3 is 39.5 Å². The van der Waals surface area contributed by atoms with Gasteiger partial charge in [0.2, 0.25) is 0 Å². The normalized spacial score (nSPS) is 14.5. The molecule has 0 spiro atoms. The number of unbranched alkanes of at least 4 members (excludes halogenated alkanes) is 36. The summed E-state index contributed by atoms with van der Waals surface area (Å²) in [5.74, 6) is 0.862. The lowest BCUT2D eigenvalue weighted by molar-refractivity contribution is -0.161. The summed E-state index contributed by atoms with van der Waals surface area (Å²) in [6.45, 7) is 14.1. The number of ether oxygens (including phenoxy) is 4. The smallest absolute Gasteiger partial charge is 0.462 e. The molecule has 0 amide bonds. The third-order valence-corrected chi connectivity index (χ3v) is 19.3. The minimum absolute atomic E-state index is 0.101. The van der Waals surface area contributed by atoms with E-state index in [9.17, 15) is 43.2 Å². The minimum atomic E-state index is -4.96. The second-order valence-corrected chi connectivity index (χ2v) is 31.3. The number of aliphatic hydroxyl groups excluding tert-OH is 1. The van der Waals surface area contributed by atoms with E-state index < -0.39 is 97.5 Å². The fraction of sp³-hybridized carbons (Fsp3) is 0.946. The molecular formula is C74H144O17P2. The molecule has 0 aliphatic carbocycles. The van der Waals surface area contributed by atoms with Gasteiger partial charge in [0.25, 0.3) is 0 Å². The van der Waals surface area contributed by atoms with Gasteiger partial charge < -0.3 is 33.8 Å². The first kappa shape index (κ1) is 91.1. The highest BCUT2D eigenvalue weighted by Gasteiger charge is 2.30. The molecule has 17 nitrogen and oxygen atoms in total. The second kappa shape index (κ2) is 63.5. The number of hydrogen-bond acceptors (Lipinski definition) is 15. The quantitative estimate of drug-likeness (QED) is 0.0222. The van der Waals surface area contributed by atoms with E-state index in [2.05, 4.69) is 55.4 Å². The van der Waals surface area contributed by atoms with Crippen LogP contribution in [0.15, 0.2) is 0 Å². The summed E-state index contributed by atoms with van der Waals surface area (Å²) in [4.78, 5) is 72.6. The van der Waals surface area contributed by atoms with Crippen molar-refractivity contribution in [3.63, 3.8) is 0 Å². The zero-order valence-electron chi connectivity index (χ0n) is 60.9. The maximum absolute atomic E-state index is 13.1. The van der Waals surface area contributed by atoms with E-state index in [1.54, 1.807) is 0 Å². The molecular weight excluding hydrogens is 1220 g/mol. The average Bonchev–Trinajstić information content (AvgIpc) is 2.80. The lowest BCUT2D eigenvalue weighted by Gasteiger charge is -2.21. The van der Waals surface area contributed by atoms with Crippen molar-refractivity contribution < 1.29 is 80.2 Å². The summed E-state index contributed by atoms with van der Waals surface area (Å²) in [5.41, 5.74) is 0. The van der Waals surface area contributed by atoms with Crippen LogP contribution in [-0.4, -0.2) is 96.7 Å². The first-order valence-corrected chi connectivity index (χ1v) is 41.2. The molecule has 6 atom stereocenters. The third-order valence-electron chi connectivity index (χ3n) is 17.4. The number of rotatable bonds is 71. The van der Waals surface area contributed by atoms with E-state index in [1.807, 2.05) is 0 Å². The van der Waals surface area contributed by atoms with Crippen molar-refractivity contribution in [1.29, 1.82) is 0 Å². The summed E-state index contributed by atoms with van der Waals surface area (Å²) < 4.78 is 68.4. The van der Waals surface area contributed by atoms with Crippen LogP contribution in [0.4, 0.5) is 0 Å². The van der Waals surface area contributed by atoms with Gasteiger partial charge in [0.05, 0.1) is 26.4 Å². The van der Waals surface area contributed by atoms with Crippen LogP contribution < -0.4 is 0 Å². The molecule has 0 saturated carbocycles. The van der Waals surface area contributed by atoms with Crippen LogP contribution in [0.2, 0.25) is 0 Å². The topological polar surface area (TPSA) is 237 Å². The number of phosphoric ester groups is 2. The van der Waals surface area contributed by atoms with Crippen molar-refractivity contribution in [2.24, 2.45) is 23.7 Å². The molecule has 93 heavy (non-hydrogen) atoms. The van der Waals surface area contributed by atoms with Crippen molar-refractivity contribution in [1.82, 2.24) is 0 Å². The molecule has 0 aliphatic rings. The summed E-state index contributed by atoms with van der Waals surface area (Å²) in [6, 6.07) is 0. The van der Waals surface area contributed by atoms with Crippen molar-refractivity contribution in [2.75, 3.05) is 39.6 Å². The van der Waals surface area contributed by atoms with Crippen LogP contribution in [0.1, 0.15) is 370 Å². The van der Waals surface area contributed by atoms with Gasteiger partial charge in [0.15, 0.2) is 12.2 Å². The molecule has 0 fully saturated rings. The first-order chi connectivity index (χ1) is 44.6. The standard InChI is InChI=1S/C74H144O17P2/c1-9-67(8)53-45-37-31-33-39-47-55-72(77)85-61-70(91-74(79)57-49-41-32-30-36-44-52-66(6)7)63-89-93(82,83)87-59-68(75)58-86-92(80,81)88-62-69(60-84-71(76)54-46-38-28-24-20-17-16-19-23-27-35-43-51-65(4)5)90-73(78)56-48-40-29-25-21-15-13-11-10-12-14-18-22-26-34-42-50-64(2)3/h64-70,75H,9-63H2,1-8H3,(H,80,81)(H,82,83)/t67?,68-,69-,70-/m1/s1. The predicted octanol–water partition coefficient (Wildman–Crippen LogP) is 21.3. The predicted molar refractivity (Wildman–Crippen MR) is 377 cm³/mol. The van der Waals surface area contributed by atoms with Crippen molar-refractivity contribution in [2.45, 2.75) is 388 Å². The van der Waals surface area contributed by atoms with Crippen LogP contribution in [0, 0.1) is 23.7 Å². The zero-order chi connectivity index (χ0) is 68.9. The summed E-state index contributed by atoms with van der Waals surface area (Å²) in [5, 5.41) is 10.6. The summed E-state index contributed by atoms with van der Waals surface area (Å²) in [6.07, 6.45) is 47.5. The molecule has 0 aromatic rings. The Balaban J connectivity index is 5.21. The maximum atomic E-state index is 13.1. The largest absolute Gasteiger partial charge is 0.472 e. The van der Waals surface area contributed by atoms with Gasteiger partial charge in [-0.3, -0.25) is 37.3 Å². The fourth-order valence-electron chi connectivity index (χ4n) is 11.2. The SMILES string of the molecule is CCC(C)CCCCCCCCC(=O)OC[C@H](COP(=O)(O)OC[C@H](O)COP(=O)(O)OC[C@@H](COC(=O)CCCCCCCCCCCCCCC(C)C)OC(=O)CCCCCCCCCCCCCCCCCCC(C)C)OC(=O)CCCCCCCCC(C)C. The van der Waals surface area contributed by atoms with Gasteiger partial charge in [0, 0.05) is 25.7 Å². The van der Waals surface area contributed by atoms with Crippen molar-refractivity contribution in [3.05, 3.63) is 0 Å². The molecule has 0 saturated heterocycles. The molecule has 0 radical (unpaired) electrons. The van der Waals surface area contributed by atoms with Crippen LogP contribution in [0.5, 0.6) is 0 Å². The van der Waals surface area contributed by atoms with Gasteiger partial charge in [0.1, 0.15) is 19.3 Å². The monoisotopic (exact) mass is 1370 g/mol. The number of carbonyl (C=O) groups is 4. The molecule has 0 heterocycles. The summed E-state index contributed by atoms with van der Waals surface area (Å²) in [7, 11) is -9.91. The number of phosphoric acid groups is 2. The minimum Gasteiger partial charge on any atom is -0.462 e. The highest BCUT2D eigenvalue weighted by atomic mass is 31.2. The Bertz CT molecular complexity index is 1840.